The van der Waals surface area contributed by atoms with Crippen molar-refractivity contribution in [2.24, 2.45) is 7.05 Å². The Balaban J connectivity index is 2.02. The van der Waals surface area contributed by atoms with E-state index in [0.717, 1.165) is 33.7 Å². The van der Waals surface area contributed by atoms with Crippen molar-refractivity contribution < 1.29 is 0 Å². The number of fused-ring (bicyclic) bond motifs is 1. The van der Waals surface area contributed by atoms with Crippen molar-refractivity contribution in [2.45, 2.75) is 13.3 Å². The minimum Gasteiger partial charge on any atom is -0.395 e. The molecule has 0 aliphatic rings. The number of anilines is 3. The standard InChI is InChI=1S/C13H15N5S/c1-3-8-10(6-18(2)17-8)16-9-4-5-11-13(12(9)14)15-7-19-11/h4-7,16H,3,14H2,1-2H3. The molecule has 5 nitrogen and oxygen atoms in total. The van der Waals surface area contributed by atoms with Crippen molar-refractivity contribution in [2.75, 3.05) is 11.1 Å². The highest BCUT2D eigenvalue weighted by molar-refractivity contribution is 7.16. The smallest absolute Gasteiger partial charge is 0.106 e. The number of thiazole rings is 1. The third-order valence-electron chi connectivity index (χ3n) is 3.05. The van der Waals surface area contributed by atoms with Gasteiger partial charge in [0.2, 0.25) is 0 Å². The molecule has 0 amide bonds. The Kier molecular flexibility index (Phi) is 2.87. The van der Waals surface area contributed by atoms with Gasteiger partial charge in [-0.05, 0) is 18.6 Å². The van der Waals surface area contributed by atoms with Gasteiger partial charge in [0.05, 0.1) is 33.0 Å². The van der Waals surface area contributed by atoms with E-state index in [4.69, 9.17) is 5.73 Å². The van der Waals surface area contributed by atoms with Crippen LogP contribution < -0.4 is 11.1 Å². The molecule has 19 heavy (non-hydrogen) atoms. The summed E-state index contributed by atoms with van der Waals surface area (Å²) in [5.41, 5.74) is 12.4. The lowest BCUT2D eigenvalue weighted by Gasteiger charge is -2.09. The summed E-state index contributed by atoms with van der Waals surface area (Å²) in [6.07, 6.45) is 2.84. The van der Waals surface area contributed by atoms with E-state index in [9.17, 15) is 0 Å². The van der Waals surface area contributed by atoms with Crippen LogP contribution in [-0.4, -0.2) is 14.8 Å². The van der Waals surface area contributed by atoms with Crippen molar-refractivity contribution in [3.8, 4) is 0 Å². The van der Waals surface area contributed by atoms with Gasteiger partial charge in [-0.25, -0.2) is 4.98 Å². The molecular weight excluding hydrogens is 258 g/mol. The van der Waals surface area contributed by atoms with E-state index in [2.05, 4.69) is 22.3 Å². The van der Waals surface area contributed by atoms with Crippen LogP contribution in [0.5, 0.6) is 0 Å². The summed E-state index contributed by atoms with van der Waals surface area (Å²) in [4.78, 5) is 4.30. The van der Waals surface area contributed by atoms with Gasteiger partial charge in [0.15, 0.2) is 0 Å². The van der Waals surface area contributed by atoms with E-state index in [1.165, 1.54) is 0 Å². The molecule has 1 aromatic carbocycles. The van der Waals surface area contributed by atoms with Crippen LogP contribution >= 0.6 is 11.3 Å². The highest BCUT2D eigenvalue weighted by atomic mass is 32.1. The van der Waals surface area contributed by atoms with Crippen molar-refractivity contribution in [3.63, 3.8) is 0 Å². The Morgan fingerprint density at radius 2 is 2.21 bits per heavy atom. The van der Waals surface area contributed by atoms with E-state index in [1.807, 2.05) is 30.9 Å². The maximum Gasteiger partial charge on any atom is 0.106 e. The van der Waals surface area contributed by atoms with Crippen molar-refractivity contribution >= 4 is 38.6 Å². The molecule has 0 bridgehead atoms. The number of benzene rings is 1. The van der Waals surface area contributed by atoms with Gasteiger partial charge in [0.25, 0.3) is 0 Å². The molecule has 0 aliphatic heterocycles. The number of hydrogen-bond donors (Lipinski definition) is 2. The molecule has 0 atom stereocenters. The molecular formula is C13H15N5S. The average Bonchev–Trinajstić information content (AvgIpc) is 2.99. The average molecular weight is 273 g/mol. The van der Waals surface area contributed by atoms with E-state index in [-0.39, 0.29) is 0 Å². The fourth-order valence-corrected chi connectivity index (χ4v) is 2.80. The molecule has 3 rings (SSSR count). The van der Waals surface area contributed by atoms with E-state index in [0.29, 0.717) is 5.69 Å². The Labute approximate surface area is 115 Å². The summed E-state index contributed by atoms with van der Waals surface area (Å²) in [6, 6.07) is 4.02. The number of nitrogens with zero attached hydrogens (tertiary/aromatic N) is 3. The van der Waals surface area contributed by atoms with E-state index in [1.54, 1.807) is 16.0 Å². The van der Waals surface area contributed by atoms with E-state index >= 15 is 0 Å². The summed E-state index contributed by atoms with van der Waals surface area (Å²) in [5.74, 6) is 0. The Hall–Kier alpha value is -2.08. The topological polar surface area (TPSA) is 68.8 Å². The summed E-state index contributed by atoms with van der Waals surface area (Å²) in [7, 11) is 1.91. The van der Waals surface area contributed by atoms with Crippen molar-refractivity contribution in [3.05, 3.63) is 29.5 Å². The highest BCUT2D eigenvalue weighted by Crippen LogP contribution is 2.32. The lowest BCUT2D eigenvalue weighted by atomic mass is 10.2. The molecule has 3 aromatic rings. The van der Waals surface area contributed by atoms with E-state index < -0.39 is 0 Å². The lowest BCUT2D eigenvalue weighted by Crippen LogP contribution is -1.98. The molecule has 0 saturated carbocycles. The SMILES string of the molecule is CCc1nn(C)cc1Nc1ccc2scnc2c1N. The zero-order valence-electron chi connectivity index (χ0n) is 10.8. The number of aromatic nitrogens is 3. The van der Waals surface area contributed by atoms with Crippen LogP contribution in [0.2, 0.25) is 0 Å². The number of aryl methyl sites for hydroxylation is 2. The third-order valence-corrected chi connectivity index (χ3v) is 3.85. The van der Waals surface area contributed by atoms with Crippen LogP contribution in [0.15, 0.2) is 23.8 Å². The minimum atomic E-state index is 0.685. The summed E-state index contributed by atoms with van der Waals surface area (Å²) < 4.78 is 2.91. The van der Waals surface area contributed by atoms with Crippen LogP contribution in [0.3, 0.4) is 0 Å². The number of hydrogen-bond acceptors (Lipinski definition) is 5. The monoisotopic (exact) mass is 273 g/mol. The number of nitrogen functional groups attached to an aromatic ring is 1. The summed E-state index contributed by atoms with van der Waals surface area (Å²) >= 11 is 1.59. The van der Waals surface area contributed by atoms with Gasteiger partial charge in [-0.1, -0.05) is 6.92 Å². The first-order chi connectivity index (χ1) is 9.19. The normalized spacial score (nSPS) is 11.1. The molecule has 0 spiro atoms. The zero-order chi connectivity index (χ0) is 13.4. The first-order valence-electron chi connectivity index (χ1n) is 6.10. The largest absolute Gasteiger partial charge is 0.395 e. The summed E-state index contributed by atoms with van der Waals surface area (Å²) in [6.45, 7) is 2.08. The predicted octanol–water partition coefficient (Wildman–Crippen LogP) is 2.92. The molecule has 0 radical (unpaired) electrons. The van der Waals surface area contributed by atoms with Gasteiger partial charge in [-0.3, -0.25) is 4.68 Å². The minimum absolute atomic E-state index is 0.685. The van der Waals surface area contributed by atoms with Gasteiger partial charge in [0, 0.05) is 13.2 Å². The molecule has 98 valence electrons. The number of rotatable bonds is 3. The zero-order valence-corrected chi connectivity index (χ0v) is 11.7. The maximum atomic E-state index is 6.16. The quantitative estimate of drug-likeness (QED) is 0.720. The Morgan fingerprint density at radius 3 is 3.00 bits per heavy atom. The van der Waals surface area contributed by atoms with Gasteiger partial charge >= 0.3 is 0 Å². The van der Waals surface area contributed by atoms with Crippen LogP contribution in [0.4, 0.5) is 17.1 Å². The second-order valence-corrected chi connectivity index (χ2v) is 5.25. The van der Waals surface area contributed by atoms with Crippen molar-refractivity contribution in [1.29, 1.82) is 0 Å². The first kappa shape index (κ1) is 12.0. The highest BCUT2D eigenvalue weighted by Gasteiger charge is 2.10. The van der Waals surface area contributed by atoms with Crippen LogP contribution in [0.1, 0.15) is 12.6 Å². The van der Waals surface area contributed by atoms with Gasteiger partial charge in [-0.2, -0.15) is 5.10 Å². The van der Waals surface area contributed by atoms with Gasteiger partial charge in [0.1, 0.15) is 5.52 Å². The Morgan fingerprint density at radius 1 is 1.37 bits per heavy atom. The fraction of sp³-hybridized carbons (Fsp3) is 0.231. The maximum absolute atomic E-state index is 6.16. The first-order valence-corrected chi connectivity index (χ1v) is 6.98. The van der Waals surface area contributed by atoms with Gasteiger partial charge in [-0.15, -0.1) is 11.3 Å². The molecule has 0 aliphatic carbocycles. The van der Waals surface area contributed by atoms with Crippen LogP contribution in [0, 0.1) is 0 Å². The second-order valence-electron chi connectivity index (χ2n) is 4.37. The fourth-order valence-electron chi connectivity index (χ4n) is 2.11. The molecule has 0 unspecified atom stereocenters. The molecule has 3 N–H and O–H groups in total. The molecule has 0 saturated heterocycles. The predicted molar refractivity (Wildman–Crippen MR) is 79.9 cm³/mol. The second kappa shape index (κ2) is 4.55. The third kappa shape index (κ3) is 2.04. The van der Waals surface area contributed by atoms with Crippen LogP contribution in [0.25, 0.3) is 10.2 Å². The molecule has 2 heterocycles. The van der Waals surface area contributed by atoms with Gasteiger partial charge < -0.3 is 11.1 Å². The molecule has 6 heteroatoms. The van der Waals surface area contributed by atoms with Crippen LogP contribution in [-0.2, 0) is 13.5 Å². The lowest BCUT2D eigenvalue weighted by molar-refractivity contribution is 0.746. The molecule has 0 fully saturated rings. The Bertz CT molecular complexity index is 728. The summed E-state index contributed by atoms with van der Waals surface area (Å²) in [5, 5.41) is 7.76. The van der Waals surface area contributed by atoms with Crippen molar-refractivity contribution in [1.82, 2.24) is 14.8 Å². The number of nitrogens with two attached hydrogens (primary N) is 1. The molecule has 2 aromatic heterocycles. The number of nitrogens with one attached hydrogen (secondary N) is 1.